The first-order valence-electron chi connectivity index (χ1n) is 11.4. The second-order valence-electron chi connectivity index (χ2n) is 8.36. The zero-order valence-electron chi connectivity index (χ0n) is 19.5. The number of nitrogens with zero attached hydrogens (tertiary/aromatic N) is 2. The predicted molar refractivity (Wildman–Crippen MR) is 135 cm³/mol. The minimum atomic E-state index is -4.01. The van der Waals surface area contributed by atoms with E-state index in [9.17, 15) is 21.6 Å². The van der Waals surface area contributed by atoms with E-state index in [1.807, 2.05) is 6.26 Å². The van der Waals surface area contributed by atoms with E-state index in [1.165, 1.54) is 52.5 Å². The molecule has 0 aliphatic carbocycles. The van der Waals surface area contributed by atoms with Crippen molar-refractivity contribution < 1.29 is 26.4 Å². The number of carbonyl (C=O) groups excluding carboxylic acids is 1. The largest absolute Gasteiger partial charge is 0.378 e. The van der Waals surface area contributed by atoms with Gasteiger partial charge in [0, 0.05) is 36.8 Å². The third kappa shape index (κ3) is 5.83. The van der Waals surface area contributed by atoms with Gasteiger partial charge in [0.25, 0.3) is 15.9 Å². The fourth-order valence-electron chi connectivity index (χ4n) is 4.12. The van der Waals surface area contributed by atoms with Crippen molar-refractivity contribution in [1.29, 1.82) is 0 Å². The molecule has 2 saturated heterocycles. The number of nitrogens with one attached hydrogen (secondary N) is 1. The molecule has 1 N–H and O–H groups in total. The normalized spacial score (nSPS) is 17.8. The summed E-state index contributed by atoms with van der Waals surface area (Å²) in [6, 6.07) is 10.2. The quantitative estimate of drug-likeness (QED) is 0.539. The summed E-state index contributed by atoms with van der Waals surface area (Å²) in [6.07, 6.45) is 4.52. The van der Waals surface area contributed by atoms with Crippen LogP contribution in [0.1, 0.15) is 29.6 Å². The van der Waals surface area contributed by atoms with Gasteiger partial charge in [-0.05, 0) is 61.6 Å². The summed E-state index contributed by atoms with van der Waals surface area (Å²) >= 11 is 1.37. The number of morpholine rings is 1. The first kappa shape index (κ1) is 26.0. The van der Waals surface area contributed by atoms with Crippen molar-refractivity contribution >= 4 is 43.4 Å². The first-order chi connectivity index (χ1) is 16.7. The fourth-order valence-corrected chi connectivity index (χ4v) is 7.29. The lowest BCUT2D eigenvalue weighted by Crippen LogP contribution is -2.40. The van der Waals surface area contributed by atoms with Gasteiger partial charge in [0.15, 0.2) is 0 Å². The molecule has 35 heavy (non-hydrogen) atoms. The molecular formula is C23H29N3O6S3. The Balaban J connectivity index is 1.54. The number of ether oxygens (including phenoxy) is 1. The molecule has 0 unspecified atom stereocenters. The van der Waals surface area contributed by atoms with Crippen LogP contribution >= 0.6 is 11.8 Å². The topological polar surface area (TPSA) is 113 Å². The van der Waals surface area contributed by atoms with Crippen molar-refractivity contribution in [1.82, 2.24) is 9.21 Å². The maximum absolute atomic E-state index is 13.1. The molecule has 2 fully saturated rings. The Labute approximate surface area is 210 Å². The third-order valence-electron chi connectivity index (χ3n) is 6.07. The van der Waals surface area contributed by atoms with E-state index in [0.29, 0.717) is 49.9 Å². The van der Waals surface area contributed by atoms with Crippen molar-refractivity contribution in [3.63, 3.8) is 0 Å². The van der Waals surface area contributed by atoms with Crippen LogP contribution in [-0.2, 0) is 24.8 Å². The van der Waals surface area contributed by atoms with Crippen LogP contribution in [0.25, 0.3) is 0 Å². The van der Waals surface area contributed by atoms with E-state index in [4.69, 9.17) is 4.74 Å². The number of amides is 1. The number of benzene rings is 2. The molecule has 4 rings (SSSR count). The van der Waals surface area contributed by atoms with Gasteiger partial charge >= 0.3 is 0 Å². The maximum atomic E-state index is 13.1. The Morgan fingerprint density at radius 2 is 1.51 bits per heavy atom. The molecule has 12 heteroatoms. The Morgan fingerprint density at radius 1 is 0.886 bits per heavy atom. The summed E-state index contributed by atoms with van der Waals surface area (Å²) in [5.41, 5.74) is 0.558. The summed E-state index contributed by atoms with van der Waals surface area (Å²) in [6.45, 7) is 2.79. The van der Waals surface area contributed by atoms with Crippen molar-refractivity contribution in [2.75, 3.05) is 50.4 Å². The van der Waals surface area contributed by atoms with Gasteiger partial charge in [0.1, 0.15) is 0 Å². The second kappa shape index (κ2) is 10.9. The molecule has 0 spiro atoms. The second-order valence-corrected chi connectivity index (χ2v) is 12.8. The Morgan fingerprint density at radius 3 is 2.14 bits per heavy atom. The van der Waals surface area contributed by atoms with Gasteiger partial charge in [-0.15, -0.1) is 11.8 Å². The Bertz CT molecular complexity index is 1270. The molecule has 2 aliphatic heterocycles. The van der Waals surface area contributed by atoms with E-state index in [0.717, 1.165) is 19.3 Å². The smallest absolute Gasteiger partial charge is 0.261 e. The number of rotatable bonds is 7. The molecule has 2 heterocycles. The van der Waals surface area contributed by atoms with E-state index in [2.05, 4.69) is 4.72 Å². The van der Waals surface area contributed by atoms with Crippen LogP contribution < -0.4 is 4.72 Å². The first-order valence-corrected chi connectivity index (χ1v) is 15.6. The average molecular weight is 540 g/mol. The molecule has 190 valence electrons. The van der Waals surface area contributed by atoms with Crippen LogP contribution in [-0.4, -0.2) is 77.6 Å². The molecule has 2 aromatic carbocycles. The third-order valence-corrected chi connectivity index (χ3v) is 10.2. The predicted octanol–water partition coefficient (Wildman–Crippen LogP) is 2.86. The van der Waals surface area contributed by atoms with Crippen molar-refractivity contribution in [3.8, 4) is 0 Å². The lowest BCUT2D eigenvalue weighted by Gasteiger charge is -2.27. The van der Waals surface area contributed by atoms with Gasteiger partial charge in [-0.25, -0.2) is 16.8 Å². The van der Waals surface area contributed by atoms with E-state index in [1.54, 1.807) is 11.0 Å². The molecular weight excluding hydrogens is 510 g/mol. The molecule has 0 saturated carbocycles. The molecule has 9 nitrogen and oxygen atoms in total. The average Bonchev–Trinajstić information content (AvgIpc) is 2.89. The lowest BCUT2D eigenvalue weighted by atomic mass is 10.2. The highest BCUT2D eigenvalue weighted by Crippen LogP contribution is 2.27. The summed E-state index contributed by atoms with van der Waals surface area (Å²) in [4.78, 5) is 15.5. The number of carbonyl (C=O) groups is 1. The van der Waals surface area contributed by atoms with Gasteiger partial charge in [-0.1, -0.05) is 6.42 Å². The molecule has 0 atom stereocenters. The zero-order chi connectivity index (χ0) is 25.1. The van der Waals surface area contributed by atoms with Crippen molar-refractivity contribution in [2.45, 2.75) is 33.9 Å². The Kier molecular flexibility index (Phi) is 8.06. The molecule has 0 radical (unpaired) electrons. The number of thioether (sulfide) groups is 1. The molecule has 2 aliphatic rings. The molecule has 2 aromatic rings. The van der Waals surface area contributed by atoms with E-state index in [-0.39, 0.29) is 21.4 Å². The van der Waals surface area contributed by atoms with Gasteiger partial charge in [-0.3, -0.25) is 9.52 Å². The number of hydrogen-bond acceptors (Lipinski definition) is 7. The van der Waals surface area contributed by atoms with Crippen LogP contribution in [0.5, 0.6) is 0 Å². The van der Waals surface area contributed by atoms with E-state index < -0.39 is 20.0 Å². The van der Waals surface area contributed by atoms with Crippen LogP contribution in [0.4, 0.5) is 5.69 Å². The zero-order valence-corrected chi connectivity index (χ0v) is 21.9. The minimum Gasteiger partial charge on any atom is -0.378 e. The molecule has 1 amide bonds. The number of piperidine rings is 1. The number of anilines is 1. The summed E-state index contributed by atoms with van der Waals surface area (Å²) in [5.74, 6) is -0.234. The van der Waals surface area contributed by atoms with Gasteiger partial charge < -0.3 is 9.64 Å². The lowest BCUT2D eigenvalue weighted by molar-refractivity contribution is 0.0300. The molecule has 0 aromatic heterocycles. The molecule has 0 bridgehead atoms. The van der Waals surface area contributed by atoms with Crippen LogP contribution in [0.15, 0.2) is 57.2 Å². The van der Waals surface area contributed by atoms with Gasteiger partial charge in [0.05, 0.1) is 28.6 Å². The standard InChI is InChI=1S/C23H29N3O6S3/c1-33-22-10-9-20(17-21(22)23(27)25-13-15-32-16-14-25)34(28,29)24-18-5-7-19(8-6-18)35(30,31)26-11-3-2-4-12-26/h5-10,17,24H,2-4,11-16H2,1H3. The Hall–Kier alpha value is -2.12. The van der Waals surface area contributed by atoms with Crippen molar-refractivity contribution in [3.05, 3.63) is 48.0 Å². The highest BCUT2D eigenvalue weighted by Gasteiger charge is 2.27. The van der Waals surface area contributed by atoms with Crippen LogP contribution in [0.2, 0.25) is 0 Å². The number of sulfonamides is 2. The van der Waals surface area contributed by atoms with Gasteiger partial charge in [-0.2, -0.15) is 4.31 Å². The number of hydrogen-bond donors (Lipinski definition) is 1. The van der Waals surface area contributed by atoms with Crippen molar-refractivity contribution in [2.24, 2.45) is 0 Å². The summed E-state index contributed by atoms with van der Waals surface area (Å²) in [7, 11) is -7.61. The van der Waals surface area contributed by atoms with E-state index >= 15 is 0 Å². The van der Waals surface area contributed by atoms with Crippen LogP contribution in [0, 0.1) is 0 Å². The highest BCUT2D eigenvalue weighted by atomic mass is 32.2. The summed E-state index contributed by atoms with van der Waals surface area (Å²) < 4.78 is 61.1. The highest BCUT2D eigenvalue weighted by molar-refractivity contribution is 7.98. The maximum Gasteiger partial charge on any atom is 0.261 e. The van der Waals surface area contributed by atoms with Gasteiger partial charge in [0.2, 0.25) is 10.0 Å². The van der Waals surface area contributed by atoms with Crippen LogP contribution in [0.3, 0.4) is 0 Å². The minimum absolute atomic E-state index is 0.0445. The monoisotopic (exact) mass is 539 g/mol. The fraction of sp³-hybridized carbons (Fsp3) is 0.435. The summed E-state index contributed by atoms with van der Waals surface area (Å²) in [5, 5.41) is 0. The SMILES string of the molecule is CSc1ccc(S(=O)(=O)Nc2ccc(S(=O)(=O)N3CCCCC3)cc2)cc1C(=O)N1CCOCC1.